The fourth-order valence-corrected chi connectivity index (χ4v) is 4.97. The Balaban J connectivity index is 1.32. The summed E-state index contributed by atoms with van der Waals surface area (Å²) in [4.78, 5) is 27.1. The van der Waals surface area contributed by atoms with Crippen LogP contribution in [0.15, 0.2) is 41.0 Å². The smallest absolute Gasteiger partial charge is 0.316 e. The number of aromatic nitrogens is 3. The number of nitrogens with zero attached hydrogens (tertiary/aromatic N) is 4. The topological polar surface area (TPSA) is 68.2 Å². The summed E-state index contributed by atoms with van der Waals surface area (Å²) in [6, 6.07) is 8.30. The summed E-state index contributed by atoms with van der Waals surface area (Å²) in [5, 5.41) is 0.467. The predicted molar refractivity (Wildman–Crippen MR) is 108 cm³/mol. The highest BCUT2D eigenvalue weighted by atomic mass is 35.5. The van der Waals surface area contributed by atoms with E-state index in [9.17, 15) is 4.79 Å². The molecule has 1 amide bonds. The first kappa shape index (κ1) is 18.5. The van der Waals surface area contributed by atoms with Crippen molar-refractivity contribution in [3.8, 4) is 6.01 Å². The molecule has 1 aliphatic heterocycles. The molecule has 3 aromatic rings. The number of likely N-dealkylation sites (tertiary alicyclic amines) is 1. The average Bonchev–Trinajstić information content (AvgIpc) is 3.11. The monoisotopic (exact) mass is 420 g/mol. The van der Waals surface area contributed by atoms with Crippen LogP contribution in [-0.4, -0.2) is 50.7 Å². The zero-order valence-electron chi connectivity index (χ0n) is 14.4. The highest BCUT2D eigenvalue weighted by molar-refractivity contribution is 8.01. The zero-order valence-corrected chi connectivity index (χ0v) is 16.8. The zero-order chi connectivity index (χ0) is 18.6. The second kappa shape index (κ2) is 8.41. The van der Waals surface area contributed by atoms with Gasteiger partial charge in [-0.25, -0.2) is 15.0 Å². The van der Waals surface area contributed by atoms with Gasteiger partial charge in [-0.3, -0.25) is 4.79 Å². The third-order valence-electron chi connectivity index (χ3n) is 4.19. The lowest BCUT2D eigenvalue weighted by molar-refractivity contribution is -0.131. The van der Waals surface area contributed by atoms with Gasteiger partial charge in [-0.2, -0.15) is 0 Å². The molecule has 0 aliphatic carbocycles. The van der Waals surface area contributed by atoms with Crippen molar-refractivity contribution in [2.75, 3.05) is 18.8 Å². The Labute approximate surface area is 169 Å². The molecule has 1 aromatic carbocycles. The number of carbonyl (C=O) groups is 1. The molecule has 0 saturated carbocycles. The van der Waals surface area contributed by atoms with Crippen LogP contribution in [0.4, 0.5) is 0 Å². The molecule has 140 valence electrons. The fourth-order valence-electron chi connectivity index (χ4n) is 2.90. The maximum absolute atomic E-state index is 12.6. The van der Waals surface area contributed by atoms with Crippen molar-refractivity contribution in [1.82, 2.24) is 19.9 Å². The summed E-state index contributed by atoms with van der Waals surface area (Å²) in [7, 11) is 0. The highest BCUT2D eigenvalue weighted by Crippen LogP contribution is 2.29. The third kappa shape index (κ3) is 4.69. The number of para-hydroxylation sites is 1. The van der Waals surface area contributed by atoms with Crippen LogP contribution in [0.2, 0.25) is 5.02 Å². The van der Waals surface area contributed by atoms with Gasteiger partial charge in [-0.05, 0) is 25.0 Å². The quantitative estimate of drug-likeness (QED) is 0.583. The summed E-state index contributed by atoms with van der Waals surface area (Å²) in [6.45, 7) is 1.30. The molecule has 3 heterocycles. The Bertz CT molecular complexity index is 902. The van der Waals surface area contributed by atoms with Crippen molar-refractivity contribution in [2.45, 2.75) is 23.3 Å². The molecular weight excluding hydrogens is 404 g/mol. The molecule has 1 atom stereocenters. The summed E-state index contributed by atoms with van der Waals surface area (Å²) in [5.74, 6) is 0.480. The number of hydrogen-bond donors (Lipinski definition) is 0. The average molecular weight is 421 g/mol. The van der Waals surface area contributed by atoms with Gasteiger partial charge in [0.15, 0.2) is 4.34 Å². The Morgan fingerprint density at radius 1 is 1.33 bits per heavy atom. The second-order valence-corrected chi connectivity index (χ2v) is 8.83. The van der Waals surface area contributed by atoms with Gasteiger partial charge < -0.3 is 9.64 Å². The Kier molecular flexibility index (Phi) is 5.75. The number of benzene rings is 1. The van der Waals surface area contributed by atoms with Crippen molar-refractivity contribution in [3.05, 3.63) is 41.7 Å². The van der Waals surface area contributed by atoms with Gasteiger partial charge in [0.2, 0.25) is 5.91 Å². The van der Waals surface area contributed by atoms with Crippen molar-refractivity contribution in [2.24, 2.45) is 0 Å². The van der Waals surface area contributed by atoms with Crippen molar-refractivity contribution in [3.63, 3.8) is 0 Å². The van der Waals surface area contributed by atoms with E-state index in [-0.39, 0.29) is 12.0 Å². The van der Waals surface area contributed by atoms with E-state index in [2.05, 4.69) is 15.0 Å². The lowest BCUT2D eigenvalue weighted by atomic mass is 10.1. The minimum atomic E-state index is -0.101. The minimum absolute atomic E-state index is 0.101. The largest absolute Gasteiger partial charge is 0.458 e. The van der Waals surface area contributed by atoms with Crippen LogP contribution < -0.4 is 4.74 Å². The van der Waals surface area contributed by atoms with Crippen molar-refractivity contribution >= 4 is 50.8 Å². The van der Waals surface area contributed by atoms with Gasteiger partial charge >= 0.3 is 6.01 Å². The molecule has 0 N–H and O–H groups in total. The molecule has 9 heteroatoms. The van der Waals surface area contributed by atoms with Gasteiger partial charge in [-0.15, -0.1) is 11.3 Å². The van der Waals surface area contributed by atoms with Gasteiger partial charge in [-0.1, -0.05) is 35.5 Å². The Morgan fingerprint density at radius 2 is 2.15 bits per heavy atom. The van der Waals surface area contributed by atoms with Gasteiger partial charge in [0, 0.05) is 6.54 Å². The van der Waals surface area contributed by atoms with E-state index in [1.165, 1.54) is 24.2 Å². The van der Waals surface area contributed by atoms with E-state index < -0.39 is 0 Å². The lowest BCUT2D eigenvalue weighted by Crippen LogP contribution is -2.45. The number of amides is 1. The minimum Gasteiger partial charge on any atom is -0.458 e. The van der Waals surface area contributed by atoms with Crippen LogP contribution in [0, 0.1) is 0 Å². The Morgan fingerprint density at radius 3 is 2.96 bits per heavy atom. The van der Waals surface area contributed by atoms with Crippen LogP contribution in [0.1, 0.15) is 12.8 Å². The fraction of sp³-hybridized carbons (Fsp3) is 0.333. The first-order valence-corrected chi connectivity index (χ1v) is 10.8. The van der Waals surface area contributed by atoms with E-state index >= 15 is 0 Å². The molecule has 27 heavy (non-hydrogen) atoms. The lowest BCUT2D eigenvalue weighted by Gasteiger charge is -2.32. The second-order valence-electron chi connectivity index (χ2n) is 6.14. The summed E-state index contributed by atoms with van der Waals surface area (Å²) in [6.07, 6.45) is 4.68. The van der Waals surface area contributed by atoms with E-state index in [4.69, 9.17) is 16.3 Å². The summed E-state index contributed by atoms with van der Waals surface area (Å²) in [5.41, 5.74) is 0.979. The molecule has 2 aromatic heterocycles. The van der Waals surface area contributed by atoms with Crippen molar-refractivity contribution in [1.29, 1.82) is 0 Å². The molecule has 4 rings (SSSR count). The number of hydrogen-bond acceptors (Lipinski definition) is 7. The number of piperidine rings is 1. The SMILES string of the molecule is O=C(CSc1nc2ccccc2s1)N1CCCC(Oc2ncc(Cl)cn2)C1. The third-order valence-corrected chi connectivity index (χ3v) is 6.55. The number of halogens is 1. The normalized spacial score (nSPS) is 17.2. The number of fused-ring (bicyclic) bond motifs is 1. The van der Waals surface area contributed by atoms with E-state index in [1.54, 1.807) is 11.3 Å². The van der Waals surface area contributed by atoms with Gasteiger partial charge in [0.05, 0.1) is 39.9 Å². The Hall–Kier alpha value is -1.90. The van der Waals surface area contributed by atoms with Gasteiger partial charge in [0.25, 0.3) is 0 Å². The predicted octanol–water partition coefficient (Wildman–Crippen LogP) is 3.90. The molecule has 0 bridgehead atoms. The number of rotatable bonds is 5. The molecule has 0 radical (unpaired) electrons. The first-order valence-electron chi connectivity index (χ1n) is 8.58. The van der Waals surface area contributed by atoms with Crippen LogP contribution in [0.25, 0.3) is 10.2 Å². The van der Waals surface area contributed by atoms with Crippen LogP contribution in [0.5, 0.6) is 6.01 Å². The molecule has 6 nitrogen and oxygen atoms in total. The molecular formula is C18H17ClN4O2S2. The number of ether oxygens (including phenoxy) is 1. The maximum atomic E-state index is 12.6. The summed E-state index contributed by atoms with van der Waals surface area (Å²) >= 11 is 8.90. The molecule has 1 saturated heterocycles. The van der Waals surface area contributed by atoms with E-state index in [0.717, 1.165) is 33.9 Å². The van der Waals surface area contributed by atoms with E-state index in [0.29, 0.717) is 23.3 Å². The number of carbonyl (C=O) groups excluding carboxylic acids is 1. The first-order chi connectivity index (χ1) is 13.2. The molecule has 1 aliphatic rings. The van der Waals surface area contributed by atoms with Gasteiger partial charge in [0.1, 0.15) is 6.10 Å². The maximum Gasteiger partial charge on any atom is 0.316 e. The standard InChI is InChI=1S/C18H17ClN4O2S2/c19-12-8-20-17(21-9-12)25-13-4-3-7-23(10-13)16(24)11-26-18-22-14-5-1-2-6-15(14)27-18/h1-2,5-6,8-9,13H,3-4,7,10-11H2. The van der Waals surface area contributed by atoms with Crippen LogP contribution >= 0.6 is 34.7 Å². The highest BCUT2D eigenvalue weighted by Gasteiger charge is 2.25. The number of thioether (sulfide) groups is 1. The van der Waals surface area contributed by atoms with Crippen LogP contribution in [-0.2, 0) is 4.79 Å². The van der Waals surface area contributed by atoms with Crippen LogP contribution in [0.3, 0.4) is 0 Å². The summed E-state index contributed by atoms with van der Waals surface area (Å²) < 4.78 is 7.86. The van der Waals surface area contributed by atoms with Crippen molar-refractivity contribution < 1.29 is 9.53 Å². The van der Waals surface area contributed by atoms with E-state index in [1.807, 2.05) is 29.2 Å². The molecule has 1 unspecified atom stereocenters. The molecule has 0 spiro atoms. The number of thiazole rings is 1. The molecule has 1 fully saturated rings.